The van der Waals surface area contributed by atoms with E-state index < -0.39 is 9.84 Å². The molecule has 1 aliphatic heterocycles. The predicted octanol–water partition coefficient (Wildman–Crippen LogP) is 3.36. The topological polar surface area (TPSA) is 70.4 Å². The summed E-state index contributed by atoms with van der Waals surface area (Å²) in [6.45, 7) is 0.393. The second-order valence-electron chi connectivity index (χ2n) is 6.97. The number of benzene rings is 2. The number of rotatable bonds is 6. The second-order valence-corrected chi connectivity index (χ2v) is 9.20. The fraction of sp³-hybridized carbons (Fsp3) is 0.286. The molecule has 0 aliphatic carbocycles. The van der Waals surface area contributed by atoms with E-state index in [1.165, 1.54) is 0 Å². The minimum atomic E-state index is -2.90. The van der Waals surface area contributed by atoms with E-state index >= 15 is 0 Å². The first-order chi connectivity index (χ1) is 13.5. The summed E-state index contributed by atoms with van der Waals surface area (Å²) in [5, 5.41) is 4.24. The van der Waals surface area contributed by atoms with Gasteiger partial charge < -0.3 is 9.47 Å². The molecule has 28 heavy (non-hydrogen) atoms. The smallest absolute Gasteiger partial charge is 0.150 e. The molecule has 4 rings (SSSR count). The first-order valence-corrected chi connectivity index (χ1v) is 11.0. The largest absolute Gasteiger partial charge is 0.497 e. The highest BCUT2D eigenvalue weighted by Crippen LogP contribution is 2.31. The van der Waals surface area contributed by atoms with Crippen LogP contribution in [0.1, 0.15) is 6.42 Å². The first kappa shape index (κ1) is 18.6. The van der Waals surface area contributed by atoms with Crippen LogP contribution >= 0.6 is 0 Å². The lowest BCUT2D eigenvalue weighted by Crippen LogP contribution is -2.13. The lowest BCUT2D eigenvalue weighted by molar-refractivity contribution is 0.262. The SMILES string of the molecule is COc1cc(OCC2CCS(=O)(=O)C2)cc(-c2ccc(-n3cccn3)cc2)c1. The molecule has 1 fully saturated rings. The second kappa shape index (κ2) is 7.67. The van der Waals surface area contributed by atoms with Gasteiger partial charge in [0.05, 0.1) is 30.9 Å². The van der Waals surface area contributed by atoms with Crippen molar-refractivity contribution in [1.82, 2.24) is 9.78 Å². The molecule has 1 saturated heterocycles. The maximum absolute atomic E-state index is 11.6. The molecule has 1 aliphatic rings. The Balaban J connectivity index is 1.53. The molecule has 0 spiro atoms. The van der Waals surface area contributed by atoms with Gasteiger partial charge in [-0.05, 0) is 47.9 Å². The monoisotopic (exact) mass is 398 g/mol. The van der Waals surface area contributed by atoms with Gasteiger partial charge in [0.1, 0.15) is 11.5 Å². The number of sulfone groups is 1. The van der Waals surface area contributed by atoms with Crippen molar-refractivity contribution in [3.63, 3.8) is 0 Å². The summed E-state index contributed by atoms with van der Waals surface area (Å²) in [6.07, 6.45) is 4.30. The summed E-state index contributed by atoms with van der Waals surface area (Å²) < 4.78 is 36.4. The molecule has 0 bridgehead atoms. The average molecular weight is 398 g/mol. The quantitative estimate of drug-likeness (QED) is 0.637. The Bertz CT molecular complexity index is 1040. The minimum Gasteiger partial charge on any atom is -0.497 e. The Morgan fingerprint density at radius 1 is 1.11 bits per heavy atom. The molecule has 0 saturated carbocycles. The molecule has 7 heteroatoms. The molecule has 1 unspecified atom stereocenters. The standard InChI is InChI=1S/C21H22N2O4S/c1-26-20-11-18(17-3-5-19(6-4-17)23-9-2-8-22-23)12-21(13-20)27-14-16-7-10-28(24,25)15-16/h2-6,8-9,11-13,16H,7,10,14-15H2,1H3. The summed E-state index contributed by atoms with van der Waals surface area (Å²) in [6, 6.07) is 15.7. The third-order valence-corrected chi connectivity index (χ3v) is 6.73. The minimum absolute atomic E-state index is 0.0491. The van der Waals surface area contributed by atoms with Crippen LogP contribution in [0.15, 0.2) is 60.9 Å². The number of ether oxygens (including phenoxy) is 2. The number of aromatic nitrogens is 2. The van der Waals surface area contributed by atoms with Crippen molar-refractivity contribution in [3.8, 4) is 28.3 Å². The van der Waals surface area contributed by atoms with Crippen LogP contribution < -0.4 is 9.47 Å². The van der Waals surface area contributed by atoms with Crippen LogP contribution in [0.4, 0.5) is 0 Å². The third kappa shape index (κ3) is 4.20. The van der Waals surface area contributed by atoms with Crippen molar-refractivity contribution < 1.29 is 17.9 Å². The van der Waals surface area contributed by atoms with Gasteiger partial charge in [-0.2, -0.15) is 5.10 Å². The zero-order valence-electron chi connectivity index (χ0n) is 15.6. The Labute approximate surface area is 164 Å². The zero-order valence-corrected chi connectivity index (χ0v) is 16.4. The van der Waals surface area contributed by atoms with E-state index in [9.17, 15) is 8.42 Å². The van der Waals surface area contributed by atoms with E-state index in [-0.39, 0.29) is 17.4 Å². The highest BCUT2D eigenvalue weighted by atomic mass is 32.2. The van der Waals surface area contributed by atoms with Crippen LogP contribution in [-0.4, -0.2) is 43.4 Å². The lowest BCUT2D eigenvalue weighted by atomic mass is 10.0. The van der Waals surface area contributed by atoms with Gasteiger partial charge in [0.15, 0.2) is 9.84 Å². The molecule has 3 aromatic rings. The molecule has 6 nitrogen and oxygen atoms in total. The van der Waals surface area contributed by atoms with Gasteiger partial charge in [-0.15, -0.1) is 0 Å². The number of hydrogen-bond acceptors (Lipinski definition) is 5. The van der Waals surface area contributed by atoms with Gasteiger partial charge >= 0.3 is 0 Å². The lowest BCUT2D eigenvalue weighted by Gasteiger charge is -2.14. The first-order valence-electron chi connectivity index (χ1n) is 9.15. The predicted molar refractivity (Wildman–Crippen MR) is 108 cm³/mol. The van der Waals surface area contributed by atoms with Crippen LogP contribution in [-0.2, 0) is 9.84 Å². The summed E-state index contributed by atoms with van der Waals surface area (Å²) in [5.41, 5.74) is 2.99. The van der Waals surface area contributed by atoms with E-state index in [4.69, 9.17) is 9.47 Å². The van der Waals surface area contributed by atoms with E-state index in [0.29, 0.717) is 24.5 Å². The summed E-state index contributed by atoms with van der Waals surface area (Å²) in [7, 11) is -1.28. The summed E-state index contributed by atoms with van der Waals surface area (Å²) >= 11 is 0. The number of hydrogen-bond donors (Lipinski definition) is 0. The Kier molecular flexibility index (Phi) is 5.09. The molecule has 0 radical (unpaired) electrons. The molecule has 1 aromatic heterocycles. The van der Waals surface area contributed by atoms with Crippen LogP contribution in [0.3, 0.4) is 0 Å². The van der Waals surface area contributed by atoms with Gasteiger partial charge in [-0.3, -0.25) is 0 Å². The summed E-state index contributed by atoms with van der Waals surface area (Å²) in [4.78, 5) is 0. The van der Waals surface area contributed by atoms with Gasteiger partial charge in [0.2, 0.25) is 0 Å². The van der Waals surface area contributed by atoms with E-state index in [2.05, 4.69) is 5.10 Å². The van der Waals surface area contributed by atoms with Crippen molar-refractivity contribution in [2.45, 2.75) is 6.42 Å². The van der Waals surface area contributed by atoms with Crippen molar-refractivity contribution in [2.24, 2.45) is 5.92 Å². The zero-order chi connectivity index (χ0) is 19.6. The van der Waals surface area contributed by atoms with Gasteiger partial charge in [0.25, 0.3) is 0 Å². The molecule has 0 amide bonds. The average Bonchev–Trinajstić information content (AvgIpc) is 3.36. The third-order valence-electron chi connectivity index (χ3n) is 4.90. The normalized spacial score (nSPS) is 18.1. The molecular weight excluding hydrogens is 376 g/mol. The van der Waals surface area contributed by atoms with Crippen LogP contribution in [0.2, 0.25) is 0 Å². The van der Waals surface area contributed by atoms with Gasteiger partial charge in [-0.25, -0.2) is 13.1 Å². The van der Waals surface area contributed by atoms with Gasteiger partial charge in [0, 0.05) is 24.4 Å². The molecule has 0 N–H and O–H groups in total. The van der Waals surface area contributed by atoms with E-state index in [1.54, 1.807) is 18.0 Å². The van der Waals surface area contributed by atoms with E-state index in [1.807, 2.05) is 54.7 Å². The number of nitrogens with zero attached hydrogens (tertiary/aromatic N) is 2. The molecule has 1 atom stereocenters. The van der Waals surface area contributed by atoms with Gasteiger partial charge in [-0.1, -0.05) is 12.1 Å². The van der Waals surface area contributed by atoms with Crippen molar-refractivity contribution in [2.75, 3.05) is 25.2 Å². The molecule has 2 heterocycles. The molecular formula is C21H22N2O4S. The summed E-state index contributed by atoms with van der Waals surface area (Å²) in [5.74, 6) is 1.89. The highest BCUT2D eigenvalue weighted by Gasteiger charge is 2.28. The van der Waals surface area contributed by atoms with Crippen LogP contribution in [0, 0.1) is 5.92 Å². The maximum atomic E-state index is 11.6. The van der Waals surface area contributed by atoms with Crippen molar-refractivity contribution >= 4 is 9.84 Å². The van der Waals surface area contributed by atoms with Crippen LogP contribution in [0.25, 0.3) is 16.8 Å². The Morgan fingerprint density at radius 3 is 2.54 bits per heavy atom. The Hall–Kier alpha value is -2.80. The molecule has 146 valence electrons. The fourth-order valence-electron chi connectivity index (χ4n) is 3.39. The van der Waals surface area contributed by atoms with E-state index in [0.717, 1.165) is 16.8 Å². The highest BCUT2D eigenvalue weighted by molar-refractivity contribution is 7.91. The Morgan fingerprint density at radius 2 is 1.89 bits per heavy atom. The number of methoxy groups -OCH3 is 1. The molecule has 2 aromatic carbocycles. The van der Waals surface area contributed by atoms with Crippen LogP contribution in [0.5, 0.6) is 11.5 Å². The van der Waals surface area contributed by atoms with Crippen molar-refractivity contribution in [1.29, 1.82) is 0 Å². The van der Waals surface area contributed by atoms with Crippen molar-refractivity contribution in [3.05, 3.63) is 60.9 Å². The maximum Gasteiger partial charge on any atom is 0.150 e. The fourth-order valence-corrected chi connectivity index (χ4v) is 5.23.